The number of carbonyl (C=O) groups excluding carboxylic acids is 1. The molecule has 0 saturated carbocycles. The number of hydrogen-bond acceptors (Lipinski definition) is 6. The predicted octanol–water partition coefficient (Wildman–Crippen LogP) is 2.93. The number of aryl methyl sites for hydroxylation is 1. The maximum atomic E-state index is 13.0. The van der Waals surface area contributed by atoms with Gasteiger partial charge >= 0.3 is 18.9 Å². The van der Waals surface area contributed by atoms with Crippen LogP contribution < -0.4 is 24.3 Å². The standard InChI is InChI=1S/C21H27O6P.Li.H/c1-6-26-9-10-27-15-7-8-19(14(2)11-15)28-21(22)20-17(24-4)12-16(23-3)13-18(20)25-5;;/h7-8,11-13,28H,6,9-10H2,1-5H3;;. The van der Waals surface area contributed by atoms with Crippen LogP contribution in [0, 0.1) is 6.92 Å². The fourth-order valence-corrected chi connectivity index (χ4v) is 3.70. The molecule has 1 unspecified atom stereocenters. The monoisotopic (exact) mass is 414 g/mol. The van der Waals surface area contributed by atoms with Gasteiger partial charge in [-0.3, -0.25) is 4.79 Å². The molecule has 0 aliphatic rings. The SMILES string of the molecule is CCOCCOc1ccc(PC(=O)c2c(OC)cc(OC)cc2OC)c(C)c1.[LiH]. The summed E-state index contributed by atoms with van der Waals surface area (Å²) in [6.45, 7) is 5.63. The minimum atomic E-state index is -0.0705. The van der Waals surface area contributed by atoms with Crippen LogP contribution in [0.15, 0.2) is 30.3 Å². The molecule has 2 aromatic rings. The molecule has 0 bridgehead atoms. The zero-order valence-corrected chi connectivity index (χ0v) is 18.0. The topological polar surface area (TPSA) is 63.2 Å². The predicted molar refractivity (Wildman–Crippen MR) is 119 cm³/mol. The summed E-state index contributed by atoms with van der Waals surface area (Å²) in [5.74, 6) is 2.19. The Kier molecular flexibility index (Phi) is 11.2. The van der Waals surface area contributed by atoms with E-state index in [1.807, 2.05) is 32.0 Å². The number of benzene rings is 2. The Hall–Kier alpha value is -1.70. The second-order valence-electron chi connectivity index (χ2n) is 5.88. The van der Waals surface area contributed by atoms with Crippen LogP contribution >= 0.6 is 8.58 Å². The summed E-state index contributed by atoms with van der Waals surface area (Å²) in [6.07, 6.45) is 0. The zero-order valence-electron chi connectivity index (χ0n) is 17.0. The van der Waals surface area contributed by atoms with Crippen molar-refractivity contribution in [3.05, 3.63) is 41.5 Å². The molecule has 2 rings (SSSR count). The number of ether oxygens (including phenoxy) is 5. The van der Waals surface area contributed by atoms with Gasteiger partial charge < -0.3 is 23.7 Å². The molecule has 0 saturated heterocycles. The first kappa shape index (κ1) is 25.3. The summed E-state index contributed by atoms with van der Waals surface area (Å²) in [6, 6.07) is 9.09. The molecule has 8 heteroatoms. The molecular weight excluding hydrogens is 386 g/mol. The summed E-state index contributed by atoms with van der Waals surface area (Å²) in [7, 11) is 4.53. The first-order valence-corrected chi connectivity index (χ1v) is 9.96. The van der Waals surface area contributed by atoms with Gasteiger partial charge in [-0.2, -0.15) is 0 Å². The summed E-state index contributed by atoms with van der Waals surface area (Å²) in [5.41, 5.74) is 1.34. The van der Waals surface area contributed by atoms with E-state index in [-0.39, 0.29) is 33.0 Å². The van der Waals surface area contributed by atoms with Gasteiger partial charge in [0.25, 0.3) is 0 Å². The maximum absolute atomic E-state index is 13.0. The average molecular weight is 414 g/mol. The Morgan fingerprint density at radius 3 is 2.10 bits per heavy atom. The van der Waals surface area contributed by atoms with Gasteiger partial charge in [0.05, 0.1) is 27.9 Å². The number of carbonyl (C=O) groups is 1. The van der Waals surface area contributed by atoms with Crippen LogP contribution in [0.5, 0.6) is 23.0 Å². The van der Waals surface area contributed by atoms with E-state index in [2.05, 4.69) is 0 Å². The number of methoxy groups -OCH3 is 3. The summed E-state index contributed by atoms with van der Waals surface area (Å²) < 4.78 is 27.0. The normalized spacial score (nSPS) is 10.5. The molecule has 6 nitrogen and oxygen atoms in total. The average Bonchev–Trinajstić information content (AvgIpc) is 2.71. The van der Waals surface area contributed by atoms with E-state index in [0.717, 1.165) is 16.6 Å². The van der Waals surface area contributed by atoms with E-state index in [0.29, 0.717) is 42.6 Å². The van der Waals surface area contributed by atoms with Crippen molar-refractivity contribution in [1.82, 2.24) is 0 Å². The molecule has 0 radical (unpaired) electrons. The van der Waals surface area contributed by atoms with Crippen LogP contribution in [0.25, 0.3) is 0 Å². The Labute approximate surface area is 186 Å². The Morgan fingerprint density at radius 1 is 0.931 bits per heavy atom. The van der Waals surface area contributed by atoms with Crippen molar-refractivity contribution in [1.29, 1.82) is 0 Å². The third-order valence-corrected chi connectivity index (χ3v) is 5.40. The molecule has 1 atom stereocenters. The van der Waals surface area contributed by atoms with Crippen LogP contribution in [-0.4, -0.2) is 65.5 Å². The Balaban J connectivity index is 0.00000420. The Bertz CT molecular complexity index is 787. The third-order valence-electron chi connectivity index (χ3n) is 4.09. The number of rotatable bonds is 11. The van der Waals surface area contributed by atoms with Gasteiger partial charge in [0.1, 0.15) is 35.2 Å². The van der Waals surface area contributed by atoms with Gasteiger partial charge in [-0.25, -0.2) is 0 Å². The van der Waals surface area contributed by atoms with Crippen molar-refractivity contribution in [2.45, 2.75) is 13.8 Å². The van der Waals surface area contributed by atoms with E-state index in [4.69, 9.17) is 23.7 Å². The second-order valence-corrected chi connectivity index (χ2v) is 7.13. The van der Waals surface area contributed by atoms with Crippen LogP contribution in [0.4, 0.5) is 0 Å². The molecule has 0 fully saturated rings. The molecule has 0 aliphatic carbocycles. The van der Waals surface area contributed by atoms with E-state index in [1.54, 1.807) is 19.2 Å². The second kappa shape index (κ2) is 12.8. The molecule has 0 heterocycles. The van der Waals surface area contributed by atoms with Crippen LogP contribution in [0.2, 0.25) is 0 Å². The summed E-state index contributed by atoms with van der Waals surface area (Å²) in [4.78, 5) is 13.0. The summed E-state index contributed by atoms with van der Waals surface area (Å²) >= 11 is 0. The first-order valence-electron chi connectivity index (χ1n) is 8.96. The van der Waals surface area contributed by atoms with Crippen molar-refractivity contribution in [2.75, 3.05) is 41.2 Å². The van der Waals surface area contributed by atoms with Gasteiger partial charge in [0, 0.05) is 18.7 Å². The fraction of sp³-hybridized carbons (Fsp3) is 0.381. The van der Waals surface area contributed by atoms with Gasteiger partial charge in [-0.15, -0.1) is 0 Å². The van der Waals surface area contributed by atoms with Crippen molar-refractivity contribution < 1.29 is 28.5 Å². The third kappa shape index (κ3) is 6.94. The van der Waals surface area contributed by atoms with Gasteiger partial charge in [-0.1, -0.05) is 6.07 Å². The van der Waals surface area contributed by atoms with Crippen LogP contribution in [0.1, 0.15) is 22.8 Å². The van der Waals surface area contributed by atoms with E-state index in [1.165, 1.54) is 14.2 Å². The van der Waals surface area contributed by atoms with Gasteiger partial charge in [-0.05, 0) is 45.4 Å². The Morgan fingerprint density at radius 2 is 1.59 bits per heavy atom. The molecule has 29 heavy (non-hydrogen) atoms. The van der Waals surface area contributed by atoms with E-state index in [9.17, 15) is 4.79 Å². The molecule has 0 aromatic heterocycles. The molecule has 0 N–H and O–H groups in total. The quantitative estimate of drug-likeness (QED) is 0.320. The molecular formula is C21H28LiO6P. The van der Waals surface area contributed by atoms with E-state index >= 15 is 0 Å². The molecule has 0 spiro atoms. The van der Waals surface area contributed by atoms with Gasteiger partial charge in [0.15, 0.2) is 5.52 Å². The van der Waals surface area contributed by atoms with Crippen molar-refractivity contribution in [2.24, 2.45) is 0 Å². The molecule has 0 amide bonds. The zero-order chi connectivity index (χ0) is 20.5. The van der Waals surface area contributed by atoms with Gasteiger partial charge in [0.2, 0.25) is 0 Å². The van der Waals surface area contributed by atoms with Crippen molar-refractivity contribution >= 4 is 38.3 Å². The molecule has 154 valence electrons. The van der Waals surface area contributed by atoms with Crippen molar-refractivity contribution in [3.63, 3.8) is 0 Å². The van der Waals surface area contributed by atoms with Crippen LogP contribution in [-0.2, 0) is 4.74 Å². The summed E-state index contributed by atoms with van der Waals surface area (Å²) in [5, 5.41) is 0.946. The number of hydrogen-bond donors (Lipinski definition) is 0. The van der Waals surface area contributed by atoms with Crippen molar-refractivity contribution in [3.8, 4) is 23.0 Å². The minimum absolute atomic E-state index is 0. The molecule has 0 aliphatic heterocycles. The first-order chi connectivity index (χ1) is 13.5. The van der Waals surface area contributed by atoms with Crippen LogP contribution in [0.3, 0.4) is 0 Å². The fourth-order valence-electron chi connectivity index (χ4n) is 2.64. The molecule has 2 aromatic carbocycles. The van der Waals surface area contributed by atoms with E-state index < -0.39 is 0 Å².